The van der Waals surface area contributed by atoms with E-state index in [0.29, 0.717) is 0 Å². The molecule has 7 nitrogen and oxygen atoms in total. The maximum Gasteiger partial charge on any atom is 0.221 e. The lowest BCUT2D eigenvalue weighted by Crippen LogP contribution is -2.46. The van der Waals surface area contributed by atoms with Crippen molar-refractivity contribution in [1.82, 2.24) is 0 Å². The molecule has 7 heteroatoms. The van der Waals surface area contributed by atoms with Gasteiger partial charge in [0.25, 0.3) is 0 Å². The summed E-state index contributed by atoms with van der Waals surface area (Å²) in [5.74, 6) is -4.90. The van der Waals surface area contributed by atoms with Crippen molar-refractivity contribution in [2.75, 3.05) is 13.2 Å². The van der Waals surface area contributed by atoms with Gasteiger partial charge in [0, 0.05) is 0 Å². The van der Waals surface area contributed by atoms with E-state index in [9.17, 15) is 10.2 Å². The van der Waals surface area contributed by atoms with Crippen LogP contribution in [0.4, 0.5) is 0 Å². The van der Waals surface area contributed by atoms with E-state index >= 15 is 0 Å². The van der Waals surface area contributed by atoms with Gasteiger partial charge in [0.2, 0.25) is 11.6 Å². The Balaban J connectivity index is 2.90. The highest BCUT2D eigenvalue weighted by atomic mass is 16.8. The molecule has 0 aliphatic carbocycles. The molecule has 0 aromatic carbocycles. The molecule has 1 aliphatic heterocycles. The molecule has 0 unspecified atom stereocenters. The van der Waals surface area contributed by atoms with Gasteiger partial charge in [-0.2, -0.15) is 0 Å². The Morgan fingerprint density at radius 2 is 1.23 bits per heavy atom. The van der Waals surface area contributed by atoms with Crippen LogP contribution in [0.15, 0.2) is 0 Å². The van der Waals surface area contributed by atoms with Gasteiger partial charge in [0.05, 0.1) is 13.2 Å². The maximum absolute atomic E-state index is 9.25. The van der Waals surface area contributed by atoms with E-state index in [4.69, 9.17) is 20.4 Å². The summed E-state index contributed by atoms with van der Waals surface area (Å²) in [6.45, 7) is -2.01. The van der Waals surface area contributed by atoms with Crippen molar-refractivity contribution < 1.29 is 35.4 Å². The van der Waals surface area contributed by atoms with Crippen LogP contribution >= 0.6 is 0 Å². The largest absolute Gasteiger partial charge is 0.391 e. The van der Waals surface area contributed by atoms with Crippen LogP contribution in [0.5, 0.6) is 0 Å². The third kappa shape index (κ3) is 1.44. The first kappa shape index (κ1) is 10.8. The van der Waals surface area contributed by atoms with E-state index in [2.05, 4.69) is 4.74 Å². The van der Waals surface area contributed by atoms with E-state index in [1.807, 2.05) is 0 Å². The maximum atomic E-state index is 9.25. The smallest absolute Gasteiger partial charge is 0.221 e. The third-order valence-electron chi connectivity index (χ3n) is 2.03. The Morgan fingerprint density at radius 3 is 1.38 bits per heavy atom. The summed E-state index contributed by atoms with van der Waals surface area (Å²) in [6.07, 6.45) is -3.76. The van der Waals surface area contributed by atoms with Crippen LogP contribution in [0.3, 0.4) is 0 Å². The molecular weight excluding hydrogens is 184 g/mol. The van der Waals surface area contributed by atoms with Gasteiger partial charge < -0.3 is 35.4 Å². The Labute approximate surface area is 73.4 Å². The zero-order valence-corrected chi connectivity index (χ0v) is 6.66. The molecule has 78 valence electrons. The number of ether oxygens (including phenoxy) is 1. The predicted molar refractivity (Wildman–Crippen MR) is 37.2 cm³/mol. The van der Waals surface area contributed by atoms with Gasteiger partial charge in [0.15, 0.2) is 0 Å². The van der Waals surface area contributed by atoms with Crippen molar-refractivity contribution in [2.24, 2.45) is 0 Å². The van der Waals surface area contributed by atoms with Crippen LogP contribution in [-0.4, -0.2) is 67.6 Å². The van der Waals surface area contributed by atoms with E-state index in [1.54, 1.807) is 0 Å². The molecule has 0 bridgehead atoms. The number of hydrogen-bond donors (Lipinski definition) is 6. The van der Waals surface area contributed by atoms with Crippen molar-refractivity contribution >= 4 is 0 Å². The summed E-state index contributed by atoms with van der Waals surface area (Å²) in [6, 6.07) is 0. The second kappa shape index (κ2) is 3.14. The lowest BCUT2D eigenvalue weighted by atomic mass is 10.0. The summed E-state index contributed by atoms with van der Waals surface area (Å²) < 4.78 is 4.37. The minimum Gasteiger partial charge on any atom is -0.391 e. The average Bonchev–Trinajstić information content (AvgIpc) is 2.30. The molecule has 0 saturated carbocycles. The van der Waals surface area contributed by atoms with Crippen LogP contribution in [0.2, 0.25) is 0 Å². The zero-order valence-electron chi connectivity index (χ0n) is 6.66. The SMILES string of the molecule is OC[C@@]1(O)O[C@](O)(CO)[C@@H](O)[C@@H]1O. The molecule has 0 aromatic heterocycles. The quantitative estimate of drug-likeness (QED) is 0.266. The summed E-state index contributed by atoms with van der Waals surface area (Å²) in [7, 11) is 0. The first-order valence-corrected chi connectivity index (χ1v) is 3.62. The molecule has 6 N–H and O–H groups in total. The Morgan fingerprint density at radius 1 is 0.923 bits per heavy atom. The molecule has 1 heterocycles. The summed E-state index contributed by atoms with van der Waals surface area (Å²) >= 11 is 0. The number of aliphatic hydroxyl groups excluding tert-OH is 4. The predicted octanol–water partition coefficient (Wildman–Crippen LogP) is -3.90. The molecule has 0 amide bonds. The molecule has 13 heavy (non-hydrogen) atoms. The average molecular weight is 196 g/mol. The molecule has 0 aromatic rings. The fraction of sp³-hybridized carbons (Fsp3) is 1.00. The van der Waals surface area contributed by atoms with Crippen LogP contribution in [0, 0.1) is 0 Å². The second-order valence-corrected chi connectivity index (χ2v) is 3.00. The normalized spacial score (nSPS) is 51.2. The minimum absolute atomic E-state index is 1.01. The van der Waals surface area contributed by atoms with Crippen molar-refractivity contribution in [1.29, 1.82) is 0 Å². The summed E-state index contributed by atoms with van der Waals surface area (Å²) in [5, 5.41) is 54.0. The van der Waals surface area contributed by atoms with Gasteiger partial charge >= 0.3 is 0 Å². The van der Waals surface area contributed by atoms with Crippen LogP contribution in [0.25, 0.3) is 0 Å². The molecule has 1 aliphatic rings. The number of aliphatic hydroxyl groups is 6. The lowest BCUT2D eigenvalue weighted by molar-refractivity contribution is -0.324. The molecule has 0 radical (unpaired) electrons. The van der Waals surface area contributed by atoms with Crippen LogP contribution in [0.1, 0.15) is 0 Å². The van der Waals surface area contributed by atoms with E-state index < -0.39 is 37.0 Å². The highest BCUT2D eigenvalue weighted by molar-refractivity contribution is 4.99. The highest BCUT2D eigenvalue weighted by Gasteiger charge is 2.61. The van der Waals surface area contributed by atoms with Crippen LogP contribution in [-0.2, 0) is 4.74 Å². The summed E-state index contributed by atoms with van der Waals surface area (Å²) in [4.78, 5) is 0. The Kier molecular flexibility index (Phi) is 2.61. The number of rotatable bonds is 2. The van der Waals surface area contributed by atoms with Gasteiger partial charge in [-0.1, -0.05) is 0 Å². The lowest BCUT2D eigenvalue weighted by Gasteiger charge is -2.24. The molecule has 4 atom stereocenters. The topological polar surface area (TPSA) is 131 Å². The van der Waals surface area contributed by atoms with Gasteiger partial charge in [-0.15, -0.1) is 0 Å². The highest BCUT2D eigenvalue weighted by Crippen LogP contribution is 2.34. The van der Waals surface area contributed by atoms with E-state index in [-0.39, 0.29) is 0 Å². The Bertz CT molecular complexity index is 177. The van der Waals surface area contributed by atoms with Gasteiger partial charge in [-0.3, -0.25) is 0 Å². The molecule has 0 spiro atoms. The van der Waals surface area contributed by atoms with Crippen molar-refractivity contribution in [3.63, 3.8) is 0 Å². The van der Waals surface area contributed by atoms with E-state index in [1.165, 1.54) is 0 Å². The van der Waals surface area contributed by atoms with Gasteiger partial charge in [0.1, 0.15) is 12.2 Å². The fourth-order valence-corrected chi connectivity index (χ4v) is 1.17. The Hall–Kier alpha value is -0.280. The van der Waals surface area contributed by atoms with Crippen molar-refractivity contribution in [2.45, 2.75) is 23.8 Å². The van der Waals surface area contributed by atoms with Gasteiger partial charge in [-0.05, 0) is 0 Å². The molecule has 1 rings (SSSR count). The summed E-state index contributed by atoms with van der Waals surface area (Å²) in [5.41, 5.74) is 0. The minimum atomic E-state index is -2.45. The number of hydrogen-bond acceptors (Lipinski definition) is 7. The molecule has 1 saturated heterocycles. The standard InChI is InChI=1S/C6H12O7/c7-1-5(11)3(9)4(10)6(12,2-8)13-5/h3-4,7-12H,1-2H2/t3-,4-,5+,6+/m0/s1. The van der Waals surface area contributed by atoms with E-state index in [0.717, 1.165) is 0 Å². The van der Waals surface area contributed by atoms with Crippen molar-refractivity contribution in [3.8, 4) is 0 Å². The third-order valence-corrected chi connectivity index (χ3v) is 2.03. The molecular formula is C6H12O7. The van der Waals surface area contributed by atoms with Crippen LogP contribution < -0.4 is 0 Å². The molecule has 1 fully saturated rings. The first-order valence-electron chi connectivity index (χ1n) is 3.62. The zero-order chi connectivity index (χ0) is 10.3. The van der Waals surface area contributed by atoms with Gasteiger partial charge in [-0.25, -0.2) is 0 Å². The van der Waals surface area contributed by atoms with Crippen molar-refractivity contribution in [3.05, 3.63) is 0 Å². The monoisotopic (exact) mass is 196 g/mol. The first-order chi connectivity index (χ1) is 5.89. The fourth-order valence-electron chi connectivity index (χ4n) is 1.17. The second-order valence-electron chi connectivity index (χ2n) is 3.00.